The summed E-state index contributed by atoms with van der Waals surface area (Å²) in [5.74, 6) is 1.05. The molecule has 0 bridgehead atoms. The Balaban J connectivity index is 1.93. The molecule has 112 valence electrons. The lowest BCUT2D eigenvalue weighted by Gasteiger charge is -2.26. The second kappa shape index (κ2) is 7.36. The fraction of sp³-hybridized carbons (Fsp3) is 0.600. The second-order valence-corrected chi connectivity index (χ2v) is 4.87. The summed E-state index contributed by atoms with van der Waals surface area (Å²) in [4.78, 5) is 2.40. The van der Waals surface area contributed by atoms with Gasteiger partial charge in [0.1, 0.15) is 0 Å². The summed E-state index contributed by atoms with van der Waals surface area (Å²) in [6.45, 7) is 4.70. The van der Waals surface area contributed by atoms with Gasteiger partial charge in [0.15, 0.2) is 11.5 Å². The van der Waals surface area contributed by atoms with E-state index in [1.54, 1.807) is 13.2 Å². The van der Waals surface area contributed by atoms with Crippen molar-refractivity contribution in [1.29, 1.82) is 0 Å². The molecule has 0 radical (unpaired) electrons. The van der Waals surface area contributed by atoms with Gasteiger partial charge in [0.25, 0.3) is 0 Å². The fourth-order valence-corrected chi connectivity index (χ4v) is 2.50. The topological polar surface area (TPSA) is 51.2 Å². The summed E-state index contributed by atoms with van der Waals surface area (Å²) >= 11 is 0. The zero-order valence-corrected chi connectivity index (χ0v) is 12.2. The monoisotopic (exact) mass is 281 g/mol. The van der Waals surface area contributed by atoms with Crippen molar-refractivity contribution in [2.45, 2.75) is 12.8 Å². The first-order valence-electron chi connectivity index (χ1n) is 6.99. The average Bonchev–Trinajstić information content (AvgIpc) is 2.49. The maximum absolute atomic E-state index is 10.0. The van der Waals surface area contributed by atoms with E-state index in [-0.39, 0.29) is 5.75 Å². The fourth-order valence-electron chi connectivity index (χ4n) is 2.50. The minimum Gasteiger partial charge on any atom is -0.502 e. The number of benzene rings is 1. The minimum atomic E-state index is 0.0823. The van der Waals surface area contributed by atoms with Crippen molar-refractivity contribution in [2.24, 2.45) is 0 Å². The standard InChI is InChI=1S/C15H23NO4/c1-18-13-6-5-12(15(19-2)14(13)17)4-3-7-16-8-10-20-11-9-16/h5-6,17H,3-4,7-11H2,1-2H3. The number of aromatic hydroxyl groups is 1. The van der Waals surface area contributed by atoms with Gasteiger partial charge in [0.2, 0.25) is 5.75 Å². The van der Waals surface area contributed by atoms with Crippen LogP contribution in [0, 0.1) is 0 Å². The van der Waals surface area contributed by atoms with E-state index in [9.17, 15) is 5.11 Å². The summed E-state index contributed by atoms with van der Waals surface area (Å²) < 4.78 is 15.7. The second-order valence-electron chi connectivity index (χ2n) is 4.87. The molecular weight excluding hydrogens is 258 g/mol. The largest absolute Gasteiger partial charge is 0.502 e. The predicted octanol–water partition coefficient (Wildman–Crippen LogP) is 1.67. The van der Waals surface area contributed by atoms with Gasteiger partial charge in [0, 0.05) is 13.1 Å². The highest BCUT2D eigenvalue weighted by atomic mass is 16.5. The Morgan fingerprint density at radius 3 is 2.60 bits per heavy atom. The molecule has 0 amide bonds. The SMILES string of the molecule is COc1ccc(CCCN2CCOCC2)c(OC)c1O. The molecule has 0 aliphatic carbocycles. The normalized spacial score (nSPS) is 16.1. The van der Waals surface area contributed by atoms with Gasteiger partial charge in [-0.1, -0.05) is 6.07 Å². The minimum absolute atomic E-state index is 0.0823. The number of hydrogen-bond donors (Lipinski definition) is 1. The van der Waals surface area contributed by atoms with Crippen LogP contribution in [-0.2, 0) is 11.2 Å². The summed E-state index contributed by atoms with van der Waals surface area (Å²) in [7, 11) is 3.10. The van der Waals surface area contributed by atoms with Crippen molar-refractivity contribution in [3.05, 3.63) is 17.7 Å². The molecule has 1 aliphatic heterocycles. The molecule has 0 atom stereocenters. The van der Waals surface area contributed by atoms with E-state index in [0.29, 0.717) is 11.5 Å². The average molecular weight is 281 g/mol. The quantitative estimate of drug-likeness (QED) is 0.859. The molecule has 5 heteroatoms. The molecular formula is C15H23NO4. The zero-order valence-electron chi connectivity index (χ0n) is 12.2. The van der Waals surface area contributed by atoms with Gasteiger partial charge in [-0.2, -0.15) is 0 Å². The number of phenolic OH excluding ortho intramolecular Hbond substituents is 1. The highest BCUT2D eigenvalue weighted by Crippen LogP contribution is 2.39. The smallest absolute Gasteiger partial charge is 0.201 e. The van der Waals surface area contributed by atoms with Crippen LogP contribution in [0.3, 0.4) is 0 Å². The predicted molar refractivity (Wildman–Crippen MR) is 76.8 cm³/mol. The molecule has 1 fully saturated rings. The van der Waals surface area contributed by atoms with Crippen molar-refractivity contribution in [3.8, 4) is 17.2 Å². The van der Waals surface area contributed by atoms with Gasteiger partial charge in [-0.25, -0.2) is 0 Å². The van der Waals surface area contributed by atoms with E-state index in [1.165, 1.54) is 7.11 Å². The first-order chi connectivity index (χ1) is 9.76. The van der Waals surface area contributed by atoms with Crippen LogP contribution in [0.25, 0.3) is 0 Å². The zero-order chi connectivity index (χ0) is 14.4. The molecule has 1 aromatic rings. The molecule has 20 heavy (non-hydrogen) atoms. The molecule has 5 nitrogen and oxygen atoms in total. The number of methoxy groups -OCH3 is 2. The van der Waals surface area contributed by atoms with E-state index < -0.39 is 0 Å². The van der Waals surface area contributed by atoms with Crippen molar-refractivity contribution < 1.29 is 19.3 Å². The lowest BCUT2D eigenvalue weighted by molar-refractivity contribution is 0.0374. The molecule has 0 aromatic heterocycles. The number of rotatable bonds is 6. The summed E-state index contributed by atoms with van der Waals surface area (Å²) in [6.07, 6.45) is 1.90. The van der Waals surface area contributed by atoms with E-state index in [4.69, 9.17) is 14.2 Å². The van der Waals surface area contributed by atoms with Gasteiger partial charge >= 0.3 is 0 Å². The highest BCUT2D eigenvalue weighted by Gasteiger charge is 2.15. The van der Waals surface area contributed by atoms with Crippen molar-refractivity contribution in [1.82, 2.24) is 4.90 Å². The third kappa shape index (κ3) is 3.55. The maximum Gasteiger partial charge on any atom is 0.201 e. The molecule has 1 N–H and O–H groups in total. The van der Waals surface area contributed by atoms with Crippen LogP contribution >= 0.6 is 0 Å². The Bertz CT molecular complexity index is 430. The van der Waals surface area contributed by atoms with Gasteiger partial charge in [-0.3, -0.25) is 4.90 Å². The third-order valence-corrected chi connectivity index (χ3v) is 3.62. The van der Waals surface area contributed by atoms with Crippen LogP contribution in [0.1, 0.15) is 12.0 Å². The van der Waals surface area contributed by atoms with E-state index in [0.717, 1.165) is 51.3 Å². The van der Waals surface area contributed by atoms with E-state index in [2.05, 4.69) is 4.90 Å². The third-order valence-electron chi connectivity index (χ3n) is 3.62. The van der Waals surface area contributed by atoms with Crippen LogP contribution in [0.2, 0.25) is 0 Å². The summed E-state index contributed by atoms with van der Waals surface area (Å²) in [6, 6.07) is 3.73. The van der Waals surface area contributed by atoms with Crippen molar-refractivity contribution >= 4 is 0 Å². The van der Waals surface area contributed by atoms with Crippen LogP contribution in [0.5, 0.6) is 17.2 Å². The number of phenols is 1. The number of nitrogens with zero attached hydrogens (tertiary/aromatic N) is 1. The highest BCUT2D eigenvalue weighted by molar-refractivity contribution is 5.54. The molecule has 0 saturated carbocycles. The van der Waals surface area contributed by atoms with Gasteiger partial charge in [-0.05, 0) is 31.0 Å². The van der Waals surface area contributed by atoms with Crippen molar-refractivity contribution in [3.63, 3.8) is 0 Å². The number of hydrogen-bond acceptors (Lipinski definition) is 5. The Morgan fingerprint density at radius 2 is 1.95 bits per heavy atom. The molecule has 1 aliphatic rings. The first-order valence-corrected chi connectivity index (χ1v) is 6.99. The molecule has 1 heterocycles. The van der Waals surface area contributed by atoms with Crippen LogP contribution < -0.4 is 9.47 Å². The first kappa shape index (κ1) is 14.9. The molecule has 0 spiro atoms. The Labute approximate surface area is 120 Å². The lowest BCUT2D eigenvalue weighted by atomic mass is 10.1. The number of ether oxygens (including phenoxy) is 3. The van der Waals surface area contributed by atoms with E-state index in [1.807, 2.05) is 6.07 Å². The Morgan fingerprint density at radius 1 is 1.20 bits per heavy atom. The van der Waals surface area contributed by atoms with E-state index >= 15 is 0 Å². The van der Waals surface area contributed by atoms with Gasteiger partial charge in [0.05, 0.1) is 27.4 Å². The van der Waals surface area contributed by atoms with Crippen LogP contribution in [-0.4, -0.2) is 57.1 Å². The van der Waals surface area contributed by atoms with Gasteiger partial charge < -0.3 is 19.3 Å². The molecule has 1 saturated heterocycles. The molecule has 2 rings (SSSR count). The van der Waals surface area contributed by atoms with Crippen LogP contribution in [0.4, 0.5) is 0 Å². The van der Waals surface area contributed by atoms with Crippen LogP contribution in [0.15, 0.2) is 12.1 Å². The van der Waals surface area contributed by atoms with Crippen molar-refractivity contribution in [2.75, 3.05) is 47.1 Å². The molecule has 1 aromatic carbocycles. The Kier molecular flexibility index (Phi) is 5.49. The summed E-state index contributed by atoms with van der Waals surface area (Å²) in [5.41, 5.74) is 1.01. The summed E-state index contributed by atoms with van der Waals surface area (Å²) in [5, 5.41) is 10.0. The Hall–Kier alpha value is -1.46. The molecule has 0 unspecified atom stereocenters. The lowest BCUT2D eigenvalue weighted by Crippen LogP contribution is -2.36. The number of morpholine rings is 1. The maximum atomic E-state index is 10.0. The van der Waals surface area contributed by atoms with Gasteiger partial charge in [-0.15, -0.1) is 0 Å². The number of aryl methyl sites for hydroxylation is 1.